The lowest BCUT2D eigenvalue weighted by Gasteiger charge is -2.04. The first-order valence-corrected chi connectivity index (χ1v) is 3.17. The van der Waals surface area contributed by atoms with Crippen LogP contribution in [0.25, 0.3) is 0 Å². The van der Waals surface area contributed by atoms with Crippen molar-refractivity contribution in [3.63, 3.8) is 0 Å². The average Bonchev–Trinajstić information content (AvgIpc) is 1.93. The molecule has 1 aromatic rings. The van der Waals surface area contributed by atoms with E-state index in [2.05, 4.69) is 0 Å². The fourth-order valence-corrected chi connectivity index (χ4v) is 0.851. The Balaban J connectivity index is 3.34. The predicted octanol–water partition coefficient (Wildman–Crippen LogP) is 1.59. The van der Waals surface area contributed by atoms with Crippen LogP contribution in [0.2, 0.25) is 0 Å². The summed E-state index contributed by atoms with van der Waals surface area (Å²) in [6, 6.07) is 3.60. The normalized spacial score (nSPS) is 9.80. The molecule has 0 atom stereocenters. The second-order valence-electron chi connectivity index (χ2n) is 2.45. The highest BCUT2D eigenvalue weighted by atomic mass is 16.3. The summed E-state index contributed by atoms with van der Waals surface area (Å²) in [4.78, 5) is 0. The molecule has 0 heterocycles. The van der Waals surface area contributed by atoms with Gasteiger partial charge in [-0.2, -0.15) is 0 Å². The number of hydrogen-bond donors (Lipinski definition) is 2. The van der Waals surface area contributed by atoms with Crippen LogP contribution in [0.5, 0.6) is 5.75 Å². The summed E-state index contributed by atoms with van der Waals surface area (Å²) < 4.78 is 0. The van der Waals surface area contributed by atoms with E-state index in [1.54, 1.807) is 19.1 Å². The van der Waals surface area contributed by atoms with Crippen molar-refractivity contribution in [2.75, 3.05) is 5.73 Å². The minimum absolute atomic E-state index is 0.306. The molecule has 2 nitrogen and oxygen atoms in total. The molecular formula is C8H11NO. The first kappa shape index (κ1) is 6.93. The highest BCUT2D eigenvalue weighted by molar-refractivity contribution is 5.55. The van der Waals surface area contributed by atoms with Gasteiger partial charge in [-0.3, -0.25) is 0 Å². The predicted molar refractivity (Wildman–Crippen MR) is 42.0 cm³/mol. The summed E-state index contributed by atoms with van der Waals surface area (Å²) in [5, 5.41) is 9.31. The Morgan fingerprint density at radius 1 is 1.30 bits per heavy atom. The number of nitrogen functional groups attached to an aromatic ring is 1. The number of anilines is 1. The number of phenolic OH excluding ortho intramolecular Hbond substituents is 1. The number of benzene rings is 1. The van der Waals surface area contributed by atoms with E-state index in [-0.39, 0.29) is 0 Å². The molecule has 2 heteroatoms. The van der Waals surface area contributed by atoms with Crippen LogP contribution in [0.1, 0.15) is 11.1 Å². The van der Waals surface area contributed by atoms with E-state index in [0.717, 1.165) is 11.1 Å². The zero-order chi connectivity index (χ0) is 7.72. The van der Waals surface area contributed by atoms with E-state index in [0.29, 0.717) is 11.4 Å². The van der Waals surface area contributed by atoms with Crippen LogP contribution < -0.4 is 5.73 Å². The van der Waals surface area contributed by atoms with E-state index in [1.165, 1.54) is 0 Å². The molecular weight excluding hydrogens is 126 g/mol. The molecule has 0 aliphatic rings. The number of rotatable bonds is 0. The van der Waals surface area contributed by atoms with Gasteiger partial charge in [0.15, 0.2) is 0 Å². The van der Waals surface area contributed by atoms with Gasteiger partial charge in [0.05, 0.1) is 0 Å². The van der Waals surface area contributed by atoms with Gasteiger partial charge in [-0.1, -0.05) is 6.07 Å². The number of phenols is 1. The van der Waals surface area contributed by atoms with Gasteiger partial charge in [0.25, 0.3) is 0 Å². The minimum Gasteiger partial charge on any atom is -0.507 e. The zero-order valence-corrected chi connectivity index (χ0v) is 6.18. The highest BCUT2D eigenvalue weighted by Crippen LogP contribution is 2.25. The molecule has 0 bridgehead atoms. The van der Waals surface area contributed by atoms with E-state index in [1.807, 2.05) is 6.92 Å². The molecule has 0 fully saturated rings. The average molecular weight is 137 g/mol. The molecule has 0 aliphatic heterocycles. The maximum absolute atomic E-state index is 9.31. The van der Waals surface area contributed by atoms with Crippen molar-refractivity contribution in [2.45, 2.75) is 13.8 Å². The smallest absolute Gasteiger partial charge is 0.123 e. The summed E-state index contributed by atoms with van der Waals surface area (Å²) in [6.45, 7) is 3.65. The van der Waals surface area contributed by atoms with E-state index < -0.39 is 0 Å². The fraction of sp³-hybridized carbons (Fsp3) is 0.250. The van der Waals surface area contributed by atoms with Gasteiger partial charge in [-0.05, 0) is 25.5 Å². The van der Waals surface area contributed by atoms with Crippen molar-refractivity contribution in [2.24, 2.45) is 0 Å². The molecule has 0 saturated carbocycles. The number of aromatic hydroxyl groups is 1. The zero-order valence-electron chi connectivity index (χ0n) is 6.18. The fourth-order valence-electron chi connectivity index (χ4n) is 0.851. The van der Waals surface area contributed by atoms with Crippen molar-refractivity contribution in [1.82, 2.24) is 0 Å². The summed E-state index contributed by atoms with van der Waals surface area (Å²) in [7, 11) is 0. The van der Waals surface area contributed by atoms with Crippen molar-refractivity contribution in [3.8, 4) is 5.75 Å². The number of aryl methyl sites for hydroxylation is 1. The van der Waals surface area contributed by atoms with E-state index in [4.69, 9.17) is 5.73 Å². The Morgan fingerprint density at radius 2 is 1.90 bits per heavy atom. The van der Waals surface area contributed by atoms with Gasteiger partial charge in [0.1, 0.15) is 5.75 Å². The van der Waals surface area contributed by atoms with Crippen molar-refractivity contribution in [1.29, 1.82) is 0 Å². The van der Waals surface area contributed by atoms with E-state index >= 15 is 0 Å². The molecule has 0 unspecified atom stereocenters. The summed E-state index contributed by atoms with van der Waals surface area (Å²) in [5.41, 5.74) is 7.80. The van der Waals surface area contributed by atoms with Crippen LogP contribution in [0.4, 0.5) is 5.69 Å². The van der Waals surface area contributed by atoms with Crippen LogP contribution >= 0.6 is 0 Å². The molecule has 54 valence electrons. The standard InChI is InChI=1S/C8H11NO/c1-5-3-4-7(9)6(2)8(5)10/h3-4,10H,9H2,1-2H3. The molecule has 0 amide bonds. The van der Waals surface area contributed by atoms with Crippen LogP contribution in [0.15, 0.2) is 12.1 Å². The van der Waals surface area contributed by atoms with Crippen molar-refractivity contribution < 1.29 is 5.11 Å². The molecule has 10 heavy (non-hydrogen) atoms. The second-order valence-corrected chi connectivity index (χ2v) is 2.45. The molecule has 1 rings (SSSR count). The molecule has 0 radical (unpaired) electrons. The SMILES string of the molecule is Cc1ccc(N)c(C)c1O. The Morgan fingerprint density at radius 3 is 2.40 bits per heavy atom. The van der Waals surface area contributed by atoms with Crippen LogP contribution in [0.3, 0.4) is 0 Å². The molecule has 0 aromatic heterocycles. The van der Waals surface area contributed by atoms with Crippen molar-refractivity contribution >= 4 is 5.69 Å². The van der Waals surface area contributed by atoms with Gasteiger partial charge >= 0.3 is 0 Å². The maximum Gasteiger partial charge on any atom is 0.123 e. The van der Waals surface area contributed by atoms with E-state index in [9.17, 15) is 5.11 Å². The van der Waals surface area contributed by atoms with Crippen LogP contribution in [-0.2, 0) is 0 Å². The Hall–Kier alpha value is -1.18. The lowest BCUT2D eigenvalue weighted by Crippen LogP contribution is -1.90. The van der Waals surface area contributed by atoms with Gasteiger partial charge in [0.2, 0.25) is 0 Å². The maximum atomic E-state index is 9.31. The second kappa shape index (κ2) is 2.21. The molecule has 3 N–H and O–H groups in total. The third kappa shape index (κ3) is 0.923. The van der Waals surface area contributed by atoms with Gasteiger partial charge in [-0.15, -0.1) is 0 Å². The Kier molecular flexibility index (Phi) is 1.53. The van der Waals surface area contributed by atoms with Crippen molar-refractivity contribution in [3.05, 3.63) is 23.3 Å². The first-order chi connectivity index (χ1) is 4.63. The monoisotopic (exact) mass is 137 g/mol. The summed E-state index contributed by atoms with van der Waals surface area (Å²) >= 11 is 0. The minimum atomic E-state index is 0.306. The quantitative estimate of drug-likeness (QED) is 0.533. The lowest BCUT2D eigenvalue weighted by molar-refractivity contribution is 0.467. The largest absolute Gasteiger partial charge is 0.507 e. The van der Waals surface area contributed by atoms with Gasteiger partial charge < -0.3 is 10.8 Å². The summed E-state index contributed by atoms with van der Waals surface area (Å²) in [6.07, 6.45) is 0. The number of nitrogens with two attached hydrogens (primary N) is 1. The Labute approximate surface area is 60.3 Å². The molecule has 0 aliphatic carbocycles. The molecule has 1 aromatic carbocycles. The van der Waals surface area contributed by atoms with Crippen LogP contribution in [0, 0.1) is 13.8 Å². The first-order valence-electron chi connectivity index (χ1n) is 3.17. The molecule has 0 spiro atoms. The lowest BCUT2D eigenvalue weighted by atomic mass is 10.1. The molecule has 0 saturated heterocycles. The Bertz CT molecular complexity index is 229. The highest BCUT2D eigenvalue weighted by Gasteiger charge is 2.01. The topological polar surface area (TPSA) is 46.2 Å². The third-order valence-electron chi connectivity index (χ3n) is 1.67. The van der Waals surface area contributed by atoms with Crippen LogP contribution in [-0.4, -0.2) is 5.11 Å². The number of hydrogen-bond acceptors (Lipinski definition) is 2. The van der Waals surface area contributed by atoms with Gasteiger partial charge in [0, 0.05) is 11.3 Å². The summed E-state index contributed by atoms with van der Waals surface area (Å²) in [5.74, 6) is 0.306. The third-order valence-corrected chi connectivity index (χ3v) is 1.67. The van der Waals surface area contributed by atoms with Gasteiger partial charge in [-0.25, -0.2) is 0 Å².